The predicted octanol–water partition coefficient (Wildman–Crippen LogP) is 1.26. The third-order valence-corrected chi connectivity index (χ3v) is 7.74. The van der Waals surface area contributed by atoms with Gasteiger partial charge in [0, 0.05) is 19.6 Å². The van der Waals surface area contributed by atoms with E-state index in [0.29, 0.717) is 0 Å². The molecule has 0 saturated heterocycles. The van der Waals surface area contributed by atoms with Gasteiger partial charge in [-0.3, -0.25) is 0 Å². The highest BCUT2D eigenvalue weighted by atomic mass is 32.2. The van der Waals surface area contributed by atoms with Crippen molar-refractivity contribution in [1.82, 2.24) is 8.61 Å². The lowest BCUT2D eigenvalue weighted by Gasteiger charge is -2.25. The Morgan fingerprint density at radius 2 is 1.75 bits per heavy atom. The summed E-state index contributed by atoms with van der Waals surface area (Å²) in [5.41, 5.74) is 0. The van der Waals surface area contributed by atoms with Crippen molar-refractivity contribution in [3.8, 4) is 6.07 Å². The maximum atomic E-state index is 12.5. The summed E-state index contributed by atoms with van der Waals surface area (Å²) in [7, 11) is -5.82. The largest absolute Gasteiger partial charge is 0.243 e. The number of benzene rings is 1. The third-order valence-electron chi connectivity index (χ3n) is 3.83. The van der Waals surface area contributed by atoms with Gasteiger partial charge < -0.3 is 0 Å². The number of nitriles is 1. The molecule has 0 heterocycles. The first-order valence-electron chi connectivity index (χ1n) is 7.54. The SMILES string of the molecule is CCN(CC#N)S(=O)(=O)CCC(C)N(C)S(=O)(=O)c1ccccc1. The predicted molar refractivity (Wildman–Crippen MR) is 92.1 cm³/mol. The average Bonchev–Trinajstić information content (AvgIpc) is 2.57. The highest BCUT2D eigenvalue weighted by Crippen LogP contribution is 2.18. The molecule has 0 radical (unpaired) electrons. The number of rotatable bonds is 9. The van der Waals surface area contributed by atoms with Gasteiger partial charge in [-0.25, -0.2) is 16.8 Å². The fourth-order valence-electron chi connectivity index (χ4n) is 2.11. The summed E-state index contributed by atoms with van der Waals surface area (Å²) in [5.74, 6) is -0.210. The van der Waals surface area contributed by atoms with Crippen LogP contribution in [-0.4, -0.2) is 57.4 Å². The van der Waals surface area contributed by atoms with Crippen molar-refractivity contribution in [2.75, 3.05) is 25.9 Å². The first-order valence-corrected chi connectivity index (χ1v) is 10.6. The Hall–Kier alpha value is -1.47. The Morgan fingerprint density at radius 1 is 1.17 bits per heavy atom. The topological polar surface area (TPSA) is 98.5 Å². The van der Waals surface area contributed by atoms with Gasteiger partial charge in [-0.15, -0.1) is 0 Å². The molecule has 134 valence electrons. The van der Waals surface area contributed by atoms with Gasteiger partial charge in [0.2, 0.25) is 20.0 Å². The Morgan fingerprint density at radius 3 is 2.25 bits per heavy atom. The van der Waals surface area contributed by atoms with Crippen LogP contribution in [0, 0.1) is 11.3 Å². The van der Waals surface area contributed by atoms with Gasteiger partial charge in [0.1, 0.15) is 6.54 Å². The minimum Gasteiger partial charge on any atom is -0.212 e. The fraction of sp³-hybridized carbons (Fsp3) is 0.533. The van der Waals surface area contributed by atoms with Crippen molar-refractivity contribution in [1.29, 1.82) is 5.26 Å². The first-order chi connectivity index (χ1) is 11.2. The van der Waals surface area contributed by atoms with Crippen LogP contribution in [0.3, 0.4) is 0 Å². The molecule has 1 atom stereocenters. The maximum absolute atomic E-state index is 12.5. The van der Waals surface area contributed by atoms with Crippen LogP contribution in [0.15, 0.2) is 35.2 Å². The van der Waals surface area contributed by atoms with E-state index in [1.165, 1.54) is 23.5 Å². The summed E-state index contributed by atoms with van der Waals surface area (Å²) in [5, 5.41) is 8.69. The van der Waals surface area contributed by atoms with Crippen LogP contribution in [0.5, 0.6) is 0 Å². The Bertz CT molecular complexity index is 771. The molecule has 0 N–H and O–H groups in total. The lowest BCUT2D eigenvalue weighted by Crippen LogP contribution is -2.39. The van der Waals surface area contributed by atoms with Crippen LogP contribution in [0.4, 0.5) is 0 Å². The van der Waals surface area contributed by atoms with Gasteiger partial charge in [-0.2, -0.15) is 13.9 Å². The van der Waals surface area contributed by atoms with E-state index >= 15 is 0 Å². The summed E-state index contributed by atoms with van der Waals surface area (Å²) in [6, 6.07) is 9.33. The molecule has 1 aromatic carbocycles. The van der Waals surface area contributed by atoms with Crippen molar-refractivity contribution in [2.45, 2.75) is 31.2 Å². The standard InChI is InChI=1S/C15H23N3O4S2/c1-4-18(12-11-16)23(19,20)13-10-14(2)17(3)24(21,22)15-8-6-5-7-9-15/h5-9,14H,4,10,12-13H2,1-3H3. The highest BCUT2D eigenvalue weighted by molar-refractivity contribution is 7.89. The zero-order valence-corrected chi connectivity index (χ0v) is 15.7. The Kier molecular flexibility index (Phi) is 7.35. The second kappa shape index (κ2) is 8.58. The highest BCUT2D eigenvalue weighted by Gasteiger charge is 2.27. The smallest absolute Gasteiger partial charge is 0.212 e. The zero-order chi connectivity index (χ0) is 18.4. The summed E-state index contributed by atoms with van der Waals surface area (Å²) >= 11 is 0. The molecule has 0 spiro atoms. The molecule has 1 unspecified atom stereocenters. The van der Waals surface area contributed by atoms with Gasteiger partial charge in [0.25, 0.3) is 0 Å². The van der Waals surface area contributed by atoms with Crippen molar-refractivity contribution in [3.05, 3.63) is 30.3 Å². The van der Waals surface area contributed by atoms with Gasteiger partial charge in [0.05, 0.1) is 16.7 Å². The number of nitrogens with zero attached hydrogens (tertiary/aromatic N) is 3. The van der Waals surface area contributed by atoms with E-state index in [1.807, 2.05) is 6.07 Å². The molecular weight excluding hydrogens is 350 g/mol. The van der Waals surface area contributed by atoms with Crippen LogP contribution in [0.1, 0.15) is 20.3 Å². The molecule has 0 amide bonds. The van der Waals surface area contributed by atoms with Gasteiger partial charge in [0.15, 0.2) is 0 Å². The monoisotopic (exact) mass is 373 g/mol. The molecule has 0 aliphatic carbocycles. The molecule has 9 heteroatoms. The number of sulfonamides is 2. The van der Waals surface area contributed by atoms with Crippen LogP contribution in [0.2, 0.25) is 0 Å². The van der Waals surface area contributed by atoms with Crippen LogP contribution in [-0.2, 0) is 20.0 Å². The lowest BCUT2D eigenvalue weighted by atomic mass is 10.3. The van der Waals surface area contributed by atoms with E-state index in [0.717, 1.165) is 4.31 Å². The molecule has 0 bridgehead atoms. The molecule has 0 aliphatic heterocycles. The van der Waals surface area contributed by atoms with Crippen molar-refractivity contribution >= 4 is 20.0 Å². The summed E-state index contributed by atoms with van der Waals surface area (Å²) < 4.78 is 51.7. The Labute approximate surface area is 144 Å². The van der Waals surface area contributed by atoms with Gasteiger partial charge in [-0.05, 0) is 25.5 Å². The molecule has 1 aromatic rings. The van der Waals surface area contributed by atoms with Crippen molar-refractivity contribution < 1.29 is 16.8 Å². The third kappa shape index (κ3) is 5.01. The van der Waals surface area contributed by atoms with Crippen LogP contribution >= 0.6 is 0 Å². The van der Waals surface area contributed by atoms with Gasteiger partial charge >= 0.3 is 0 Å². The molecule has 0 fully saturated rings. The summed E-state index contributed by atoms with van der Waals surface area (Å²) in [6.45, 7) is 3.33. The van der Waals surface area contributed by atoms with Gasteiger partial charge in [-0.1, -0.05) is 25.1 Å². The van der Waals surface area contributed by atoms with E-state index in [2.05, 4.69) is 0 Å². The van der Waals surface area contributed by atoms with Crippen LogP contribution in [0.25, 0.3) is 0 Å². The second-order valence-corrected chi connectivity index (χ2v) is 9.46. The number of hydrogen-bond donors (Lipinski definition) is 0. The average molecular weight is 374 g/mol. The van der Waals surface area contributed by atoms with E-state index in [9.17, 15) is 16.8 Å². The summed E-state index contributed by atoms with van der Waals surface area (Å²) in [4.78, 5) is 0.168. The first kappa shape index (κ1) is 20.6. The van der Waals surface area contributed by atoms with Crippen molar-refractivity contribution in [2.24, 2.45) is 0 Å². The quantitative estimate of drug-likeness (QED) is 0.607. The van der Waals surface area contributed by atoms with E-state index < -0.39 is 26.1 Å². The fourth-order valence-corrected chi connectivity index (χ4v) is 5.07. The molecular formula is C15H23N3O4S2. The normalized spacial score (nSPS) is 13.8. The molecule has 0 aromatic heterocycles. The molecule has 24 heavy (non-hydrogen) atoms. The minimum atomic E-state index is -3.67. The Balaban J connectivity index is 2.81. The minimum absolute atomic E-state index is 0.146. The molecule has 1 rings (SSSR count). The lowest BCUT2D eigenvalue weighted by molar-refractivity contribution is 0.376. The van der Waals surface area contributed by atoms with E-state index in [1.54, 1.807) is 32.0 Å². The maximum Gasteiger partial charge on any atom is 0.243 e. The van der Waals surface area contributed by atoms with E-state index in [-0.39, 0.29) is 30.2 Å². The second-order valence-electron chi connectivity index (χ2n) is 5.37. The zero-order valence-electron chi connectivity index (χ0n) is 14.1. The molecule has 7 nitrogen and oxygen atoms in total. The van der Waals surface area contributed by atoms with Crippen molar-refractivity contribution in [3.63, 3.8) is 0 Å². The number of hydrogen-bond acceptors (Lipinski definition) is 5. The molecule has 0 aliphatic rings. The molecule has 0 saturated carbocycles. The van der Waals surface area contributed by atoms with Crippen LogP contribution < -0.4 is 0 Å². The van der Waals surface area contributed by atoms with E-state index in [4.69, 9.17) is 5.26 Å². The summed E-state index contributed by atoms with van der Waals surface area (Å²) in [6.07, 6.45) is 0.146.